The van der Waals surface area contributed by atoms with Crippen LogP contribution in [0.1, 0.15) is 18.7 Å². The SMILES string of the molecule is CSC(C)(C)CNCc1sccc1Br. The van der Waals surface area contributed by atoms with Crippen molar-refractivity contribution >= 4 is 39.0 Å². The van der Waals surface area contributed by atoms with Gasteiger partial charge in [-0.25, -0.2) is 0 Å². The normalized spacial score (nSPS) is 12.0. The average Bonchev–Trinajstić information content (AvgIpc) is 2.52. The van der Waals surface area contributed by atoms with Gasteiger partial charge in [-0.05, 0) is 47.5 Å². The Balaban J connectivity index is 2.32. The lowest BCUT2D eigenvalue weighted by Crippen LogP contribution is -2.31. The second-order valence-electron chi connectivity index (χ2n) is 3.76. The molecule has 0 bridgehead atoms. The minimum atomic E-state index is 0.323. The van der Waals surface area contributed by atoms with E-state index in [1.54, 1.807) is 11.3 Å². The molecule has 1 aromatic heterocycles. The topological polar surface area (TPSA) is 12.0 Å². The molecule has 0 atom stereocenters. The van der Waals surface area contributed by atoms with Gasteiger partial charge in [0.05, 0.1) is 0 Å². The van der Waals surface area contributed by atoms with Crippen LogP contribution in [0.5, 0.6) is 0 Å². The van der Waals surface area contributed by atoms with Crippen LogP contribution in [0.4, 0.5) is 0 Å². The molecular weight excluding hydrogens is 278 g/mol. The van der Waals surface area contributed by atoms with Crippen LogP contribution in [0.15, 0.2) is 15.9 Å². The summed E-state index contributed by atoms with van der Waals surface area (Å²) >= 11 is 7.22. The van der Waals surface area contributed by atoms with Crippen molar-refractivity contribution in [1.29, 1.82) is 0 Å². The molecule has 0 unspecified atom stereocenters. The molecule has 0 radical (unpaired) electrons. The monoisotopic (exact) mass is 293 g/mol. The molecule has 0 aromatic carbocycles. The van der Waals surface area contributed by atoms with Gasteiger partial charge in [0.2, 0.25) is 0 Å². The van der Waals surface area contributed by atoms with Crippen molar-refractivity contribution in [3.8, 4) is 0 Å². The van der Waals surface area contributed by atoms with Gasteiger partial charge in [0.25, 0.3) is 0 Å². The van der Waals surface area contributed by atoms with Crippen LogP contribution in [0, 0.1) is 0 Å². The van der Waals surface area contributed by atoms with Crippen LogP contribution in [-0.4, -0.2) is 17.5 Å². The Morgan fingerprint density at radius 1 is 1.57 bits per heavy atom. The first-order chi connectivity index (χ1) is 6.55. The number of hydrogen-bond acceptors (Lipinski definition) is 3. The molecule has 0 aliphatic carbocycles. The summed E-state index contributed by atoms with van der Waals surface area (Å²) in [6, 6.07) is 2.10. The van der Waals surface area contributed by atoms with Gasteiger partial charge in [0.15, 0.2) is 0 Å². The van der Waals surface area contributed by atoms with Gasteiger partial charge in [-0.3, -0.25) is 0 Å². The summed E-state index contributed by atoms with van der Waals surface area (Å²) < 4.78 is 1.54. The Labute approximate surface area is 103 Å². The van der Waals surface area contributed by atoms with E-state index < -0.39 is 0 Å². The molecule has 1 rings (SSSR count). The third-order valence-electron chi connectivity index (χ3n) is 2.08. The number of halogens is 1. The maximum atomic E-state index is 3.53. The second-order valence-corrected chi connectivity index (χ2v) is 7.13. The maximum absolute atomic E-state index is 3.53. The summed E-state index contributed by atoms with van der Waals surface area (Å²) in [7, 11) is 0. The van der Waals surface area contributed by atoms with Crippen molar-refractivity contribution in [1.82, 2.24) is 5.32 Å². The third-order valence-corrected chi connectivity index (χ3v) is 5.26. The van der Waals surface area contributed by atoms with Crippen molar-refractivity contribution in [3.05, 3.63) is 20.8 Å². The second kappa shape index (κ2) is 5.54. The zero-order chi connectivity index (χ0) is 10.6. The molecule has 1 aromatic rings. The molecule has 4 heteroatoms. The lowest BCUT2D eigenvalue weighted by Gasteiger charge is -2.22. The van der Waals surface area contributed by atoms with E-state index in [-0.39, 0.29) is 0 Å². The highest BCUT2D eigenvalue weighted by atomic mass is 79.9. The standard InChI is InChI=1S/C10H16BrNS2/c1-10(2,13-3)7-12-6-9-8(11)4-5-14-9/h4-5,12H,6-7H2,1-3H3. The fourth-order valence-corrected chi connectivity index (χ4v) is 2.71. The van der Waals surface area contributed by atoms with Crippen LogP contribution in [-0.2, 0) is 6.54 Å². The molecule has 80 valence electrons. The van der Waals surface area contributed by atoms with E-state index >= 15 is 0 Å². The first-order valence-electron chi connectivity index (χ1n) is 4.53. The molecule has 1 heterocycles. The number of hydrogen-bond donors (Lipinski definition) is 1. The van der Waals surface area contributed by atoms with E-state index in [4.69, 9.17) is 0 Å². The third kappa shape index (κ3) is 3.93. The van der Waals surface area contributed by atoms with Crippen molar-refractivity contribution < 1.29 is 0 Å². The van der Waals surface area contributed by atoms with Gasteiger partial charge < -0.3 is 5.32 Å². The summed E-state index contributed by atoms with van der Waals surface area (Å²) in [4.78, 5) is 1.38. The molecular formula is C10H16BrNS2. The molecule has 0 aliphatic rings. The Hall–Kier alpha value is 0.490. The highest BCUT2D eigenvalue weighted by Crippen LogP contribution is 2.23. The minimum absolute atomic E-state index is 0.323. The van der Waals surface area contributed by atoms with Gasteiger partial charge in [0.1, 0.15) is 0 Å². The van der Waals surface area contributed by atoms with E-state index in [1.807, 2.05) is 11.8 Å². The van der Waals surface area contributed by atoms with Gasteiger partial charge in [-0.1, -0.05) is 0 Å². The van der Waals surface area contributed by atoms with E-state index in [0.29, 0.717) is 4.75 Å². The molecule has 0 spiro atoms. The Morgan fingerprint density at radius 2 is 2.29 bits per heavy atom. The van der Waals surface area contributed by atoms with E-state index in [1.165, 1.54) is 9.35 Å². The molecule has 0 saturated heterocycles. The Kier molecular flexibility index (Phi) is 4.97. The molecule has 0 saturated carbocycles. The van der Waals surface area contributed by atoms with Crippen molar-refractivity contribution in [2.45, 2.75) is 25.1 Å². The molecule has 1 N–H and O–H groups in total. The summed E-state index contributed by atoms with van der Waals surface area (Å²) in [6.07, 6.45) is 2.16. The number of thioether (sulfide) groups is 1. The predicted molar refractivity (Wildman–Crippen MR) is 71.3 cm³/mol. The van der Waals surface area contributed by atoms with Crippen LogP contribution in [0.2, 0.25) is 0 Å². The van der Waals surface area contributed by atoms with Gasteiger partial charge in [0, 0.05) is 27.2 Å². The Bertz CT molecular complexity index is 283. The molecule has 0 aliphatic heterocycles. The van der Waals surface area contributed by atoms with E-state index in [9.17, 15) is 0 Å². The van der Waals surface area contributed by atoms with Gasteiger partial charge >= 0.3 is 0 Å². The smallest absolute Gasteiger partial charge is 0.0327 e. The lowest BCUT2D eigenvalue weighted by molar-refractivity contribution is 0.593. The van der Waals surface area contributed by atoms with Gasteiger partial charge in [-0.15, -0.1) is 11.3 Å². The van der Waals surface area contributed by atoms with Crippen molar-refractivity contribution in [2.24, 2.45) is 0 Å². The average molecular weight is 294 g/mol. The number of thiophene rings is 1. The Morgan fingerprint density at radius 3 is 2.79 bits per heavy atom. The van der Waals surface area contributed by atoms with E-state index in [2.05, 4.69) is 52.8 Å². The fourth-order valence-electron chi connectivity index (χ4n) is 1.00. The van der Waals surface area contributed by atoms with Crippen LogP contribution in [0.3, 0.4) is 0 Å². The van der Waals surface area contributed by atoms with Gasteiger partial charge in [-0.2, -0.15) is 11.8 Å². The zero-order valence-corrected chi connectivity index (χ0v) is 12.0. The largest absolute Gasteiger partial charge is 0.310 e. The fraction of sp³-hybridized carbons (Fsp3) is 0.600. The summed E-state index contributed by atoms with van der Waals surface area (Å²) in [6.45, 7) is 6.52. The van der Waals surface area contributed by atoms with Crippen LogP contribution < -0.4 is 5.32 Å². The lowest BCUT2D eigenvalue weighted by atomic mass is 10.2. The first-order valence-corrected chi connectivity index (χ1v) is 7.42. The summed E-state index contributed by atoms with van der Waals surface area (Å²) in [5.41, 5.74) is 0. The van der Waals surface area contributed by atoms with Crippen LogP contribution in [0.25, 0.3) is 0 Å². The number of rotatable bonds is 5. The predicted octanol–water partition coefficient (Wildman–Crippen LogP) is 3.74. The summed E-state index contributed by atoms with van der Waals surface area (Å²) in [5, 5.41) is 5.59. The van der Waals surface area contributed by atoms with E-state index in [0.717, 1.165) is 13.1 Å². The first kappa shape index (κ1) is 12.6. The minimum Gasteiger partial charge on any atom is -0.310 e. The molecule has 0 amide bonds. The zero-order valence-electron chi connectivity index (χ0n) is 8.76. The highest BCUT2D eigenvalue weighted by Gasteiger charge is 2.15. The highest BCUT2D eigenvalue weighted by molar-refractivity contribution is 9.10. The molecule has 0 fully saturated rings. The van der Waals surface area contributed by atoms with Crippen LogP contribution >= 0.6 is 39.0 Å². The summed E-state index contributed by atoms with van der Waals surface area (Å²) in [5.74, 6) is 0. The molecule has 14 heavy (non-hydrogen) atoms. The number of nitrogens with one attached hydrogen (secondary N) is 1. The van der Waals surface area contributed by atoms with Crippen molar-refractivity contribution in [3.63, 3.8) is 0 Å². The van der Waals surface area contributed by atoms with Crippen molar-refractivity contribution in [2.75, 3.05) is 12.8 Å². The quantitative estimate of drug-likeness (QED) is 0.888. The maximum Gasteiger partial charge on any atom is 0.0327 e. The molecule has 1 nitrogen and oxygen atoms in total.